The number of para-hydroxylation sites is 1. The summed E-state index contributed by atoms with van der Waals surface area (Å²) in [6.07, 6.45) is 6.32. The molecule has 174 valence electrons. The first-order valence-electron chi connectivity index (χ1n) is 11.5. The van der Waals surface area contributed by atoms with Gasteiger partial charge in [0.2, 0.25) is 5.91 Å². The molecule has 1 aliphatic heterocycles. The Kier molecular flexibility index (Phi) is 7.40. The van der Waals surface area contributed by atoms with Crippen molar-refractivity contribution in [2.24, 2.45) is 0 Å². The first-order valence-corrected chi connectivity index (χ1v) is 11.5. The molecule has 7 heteroatoms. The molecule has 1 N–H and O–H groups in total. The van der Waals surface area contributed by atoms with Crippen molar-refractivity contribution in [1.29, 1.82) is 0 Å². The van der Waals surface area contributed by atoms with Gasteiger partial charge in [-0.25, -0.2) is 9.07 Å². The van der Waals surface area contributed by atoms with E-state index in [0.29, 0.717) is 36.1 Å². The topological polar surface area (TPSA) is 59.4 Å². The highest BCUT2D eigenvalue weighted by molar-refractivity contribution is 5.72. The monoisotopic (exact) mass is 450 g/mol. The standard InChI is InChI=1S/C26H31FN4O2/c1-19(32)28-14-13-21-8-6-7-15-30(21)17-20-18-31(22-9-4-3-5-10-22)29-26(20)24-12-11-23(33-2)16-25(24)27/h3-5,9-12,16,18,21H,6-8,13-15,17H2,1-2H3,(H,28,32)/t21-/m0/s1. The quantitative estimate of drug-likeness (QED) is 0.546. The number of hydrogen-bond donors (Lipinski definition) is 1. The molecule has 3 aromatic rings. The highest BCUT2D eigenvalue weighted by Gasteiger charge is 2.25. The summed E-state index contributed by atoms with van der Waals surface area (Å²) in [6, 6.07) is 15.1. The van der Waals surface area contributed by atoms with E-state index in [1.54, 1.807) is 19.1 Å². The van der Waals surface area contributed by atoms with E-state index in [-0.39, 0.29) is 11.7 Å². The zero-order valence-electron chi connectivity index (χ0n) is 19.3. The van der Waals surface area contributed by atoms with E-state index in [2.05, 4.69) is 10.2 Å². The first-order chi connectivity index (χ1) is 16.0. The molecule has 0 aliphatic carbocycles. The summed E-state index contributed by atoms with van der Waals surface area (Å²) in [6.45, 7) is 3.87. The zero-order valence-corrected chi connectivity index (χ0v) is 19.3. The molecular formula is C26H31FN4O2. The molecule has 2 heterocycles. The van der Waals surface area contributed by atoms with Crippen molar-refractivity contribution in [3.63, 3.8) is 0 Å². The van der Waals surface area contributed by atoms with Crippen LogP contribution in [0.1, 0.15) is 38.2 Å². The number of likely N-dealkylation sites (tertiary alicyclic amines) is 1. The van der Waals surface area contributed by atoms with Gasteiger partial charge in [-0.3, -0.25) is 9.69 Å². The predicted molar refractivity (Wildman–Crippen MR) is 127 cm³/mol. The van der Waals surface area contributed by atoms with Gasteiger partial charge in [-0.05, 0) is 50.1 Å². The second-order valence-electron chi connectivity index (χ2n) is 8.52. The van der Waals surface area contributed by atoms with E-state index in [1.165, 1.54) is 19.6 Å². The van der Waals surface area contributed by atoms with E-state index in [0.717, 1.165) is 37.1 Å². The van der Waals surface area contributed by atoms with Crippen molar-refractivity contribution >= 4 is 5.91 Å². The van der Waals surface area contributed by atoms with Gasteiger partial charge in [0.15, 0.2) is 0 Å². The Labute approximate surface area is 194 Å². The van der Waals surface area contributed by atoms with Gasteiger partial charge in [-0.1, -0.05) is 24.6 Å². The fraction of sp³-hybridized carbons (Fsp3) is 0.385. The summed E-state index contributed by atoms with van der Waals surface area (Å²) in [5.74, 6) is 0.128. The van der Waals surface area contributed by atoms with Crippen LogP contribution in [-0.4, -0.2) is 46.8 Å². The second-order valence-corrected chi connectivity index (χ2v) is 8.52. The van der Waals surface area contributed by atoms with Gasteiger partial charge in [-0.15, -0.1) is 0 Å². The maximum Gasteiger partial charge on any atom is 0.216 e. The van der Waals surface area contributed by atoms with Crippen LogP contribution in [0.25, 0.3) is 16.9 Å². The average Bonchev–Trinajstić information content (AvgIpc) is 3.24. The van der Waals surface area contributed by atoms with Gasteiger partial charge in [0, 0.05) is 49.4 Å². The summed E-state index contributed by atoms with van der Waals surface area (Å²) < 4.78 is 22.0. The molecule has 1 saturated heterocycles. The van der Waals surface area contributed by atoms with Crippen molar-refractivity contribution in [2.75, 3.05) is 20.2 Å². The number of rotatable bonds is 8. The number of ether oxygens (including phenoxy) is 1. The lowest BCUT2D eigenvalue weighted by atomic mass is 9.98. The predicted octanol–water partition coefficient (Wildman–Crippen LogP) is 4.57. The molecule has 33 heavy (non-hydrogen) atoms. The van der Waals surface area contributed by atoms with Crippen molar-refractivity contribution in [3.8, 4) is 22.7 Å². The van der Waals surface area contributed by atoms with Crippen molar-refractivity contribution in [1.82, 2.24) is 20.0 Å². The number of aromatic nitrogens is 2. The van der Waals surface area contributed by atoms with Gasteiger partial charge < -0.3 is 10.1 Å². The molecule has 0 unspecified atom stereocenters. The van der Waals surface area contributed by atoms with E-state index < -0.39 is 0 Å². The van der Waals surface area contributed by atoms with Gasteiger partial charge >= 0.3 is 0 Å². The van der Waals surface area contributed by atoms with Gasteiger partial charge in [0.05, 0.1) is 12.8 Å². The Balaban J connectivity index is 1.65. The number of piperidine rings is 1. The third kappa shape index (κ3) is 5.60. The maximum atomic E-state index is 15.0. The van der Waals surface area contributed by atoms with Crippen LogP contribution in [0.3, 0.4) is 0 Å². The van der Waals surface area contributed by atoms with Crippen LogP contribution in [0, 0.1) is 5.82 Å². The van der Waals surface area contributed by atoms with E-state index in [1.807, 2.05) is 41.2 Å². The van der Waals surface area contributed by atoms with Gasteiger partial charge in [0.1, 0.15) is 17.3 Å². The Morgan fingerprint density at radius 2 is 2.03 bits per heavy atom. The number of benzene rings is 2. The molecule has 0 bridgehead atoms. The molecule has 2 aromatic carbocycles. The molecule has 4 rings (SSSR count). The minimum Gasteiger partial charge on any atom is -0.497 e. The first kappa shape index (κ1) is 23.0. The fourth-order valence-corrected chi connectivity index (χ4v) is 4.51. The largest absolute Gasteiger partial charge is 0.497 e. The maximum absolute atomic E-state index is 15.0. The summed E-state index contributed by atoms with van der Waals surface area (Å²) in [7, 11) is 1.53. The lowest BCUT2D eigenvalue weighted by Gasteiger charge is -2.35. The summed E-state index contributed by atoms with van der Waals surface area (Å²) >= 11 is 0. The number of methoxy groups -OCH3 is 1. The Morgan fingerprint density at radius 3 is 2.76 bits per heavy atom. The minimum absolute atomic E-state index is 0.00114. The molecule has 0 radical (unpaired) electrons. The molecule has 1 amide bonds. The average molecular weight is 451 g/mol. The molecule has 1 aromatic heterocycles. The number of halogens is 1. The number of carbonyl (C=O) groups excluding carboxylic acids is 1. The highest BCUT2D eigenvalue weighted by atomic mass is 19.1. The van der Waals surface area contributed by atoms with Crippen LogP contribution >= 0.6 is 0 Å². The fourth-order valence-electron chi connectivity index (χ4n) is 4.51. The van der Waals surface area contributed by atoms with E-state index in [9.17, 15) is 4.79 Å². The third-order valence-electron chi connectivity index (χ3n) is 6.22. The number of amides is 1. The summed E-state index contributed by atoms with van der Waals surface area (Å²) in [5, 5.41) is 7.71. The Hall–Kier alpha value is -3.19. The molecule has 1 fully saturated rings. The summed E-state index contributed by atoms with van der Waals surface area (Å²) in [4.78, 5) is 13.7. The van der Waals surface area contributed by atoms with Crippen molar-refractivity contribution in [2.45, 2.75) is 45.2 Å². The van der Waals surface area contributed by atoms with Gasteiger partial charge in [0.25, 0.3) is 0 Å². The molecule has 0 saturated carbocycles. The van der Waals surface area contributed by atoms with Crippen LogP contribution in [0.5, 0.6) is 5.75 Å². The van der Waals surface area contributed by atoms with E-state index in [4.69, 9.17) is 9.84 Å². The van der Waals surface area contributed by atoms with Crippen LogP contribution in [0.4, 0.5) is 4.39 Å². The lowest BCUT2D eigenvalue weighted by molar-refractivity contribution is -0.119. The van der Waals surface area contributed by atoms with Gasteiger partial charge in [-0.2, -0.15) is 5.10 Å². The molecule has 6 nitrogen and oxygen atoms in total. The second kappa shape index (κ2) is 10.6. The van der Waals surface area contributed by atoms with E-state index >= 15 is 4.39 Å². The number of nitrogens with one attached hydrogen (secondary N) is 1. The minimum atomic E-state index is -0.352. The number of carbonyl (C=O) groups is 1. The van der Waals surface area contributed by atoms with Crippen LogP contribution in [0.15, 0.2) is 54.7 Å². The number of nitrogens with zero attached hydrogens (tertiary/aromatic N) is 3. The summed E-state index contributed by atoms with van der Waals surface area (Å²) in [5.41, 5.74) is 3.02. The van der Waals surface area contributed by atoms with Crippen molar-refractivity contribution < 1.29 is 13.9 Å². The SMILES string of the molecule is COc1ccc(-c2nn(-c3ccccc3)cc2CN2CCCC[C@H]2CCNC(C)=O)c(F)c1. The number of hydrogen-bond acceptors (Lipinski definition) is 4. The zero-order chi connectivity index (χ0) is 23.2. The smallest absolute Gasteiger partial charge is 0.216 e. The molecule has 1 aliphatic rings. The molecule has 0 spiro atoms. The normalized spacial score (nSPS) is 16.5. The highest BCUT2D eigenvalue weighted by Crippen LogP contribution is 2.31. The third-order valence-corrected chi connectivity index (χ3v) is 6.22. The van der Waals surface area contributed by atoms with Crippen LogP contribution in [0.2, 0.25) is 0 Å². The van der Waals surface area contributed by atoms with Crippen LogP contribution in [-0.2, 0) is 11.3 Å². The van der Waals surface area contributed by atoms with Crippen molar-refractivity contribution in [3.05, 3.63) is 66.1 Å². The van der Waals surface area contributed by atoms with Crippen LogP contribution < -0.4 is 10.1 Å². The molecular weight excluding hydrogens is 419 g/mol. The molecule has 1 atom stereocenters. The lowest BCUT2D eigenvalue weighted by Crippen LogP contribution is -2.41. The Bertz CT molecular complexity index is 1080. The Morgan fingerprint density at radius 1 is 1.21 bits per heavy atom.